The summed E-state index contributed by atoms with van der Waals surface area (Å²) in [4.78, 5) is 12.3. The first-order valence-electron chi connectivity index (χ1n) is 7.30. The normalized spacial score (nSPS) is 16.7. The fourth-order valence-electron chi connectivity index (χ4n) is 3.20. The molecule has 2 aromatic rings. The van der Waals surface area contributed by atoms with Crippen molar-refractivity contribution < 1.29 is 9.53 Å². The number of hydrogen-bond acceptors (Lipinski definition) is 2. The van der Waals surface area contributed by atoms with E-state index in [1.807, 2.05) is 31.3 Å². The van der Waals surface area contributed by atoms with Crippen molar-refractivity contribution in [3.63, 3.8) is 0 Å². The van der Waals surface area contributed by atoms with E-state index >= 15 is 0 Å². The van der Waals surface area contributed by atoms with Crippen molar-refractivity contribution >= 4 is 5.78 Å². The number of benzene rings is 1. The SMILES string of the molecule is COc1ccc(-n2ccc3c2CC(C)(C)CC3=O)cc1C. The molecule has 1 aromatic carbocycles. The average molecular weight is 283 g/mol. The van der Waals surface area contributed by atoms with Crippen LogP contribution in [0, 0.1) is 12.3 Å². The standard InChI is InChI=1S/C18H21NO2/c1-12-9-13(5-6-17(12)21-4)19-8-7-14-15(19)10-18(2,3)11-16(14)20/h5-9H,10-11H2,1-4H3. The summed E-state index contributed by atoms with van der Waals surface area (Å²) in [7, 11) is 1.68. The molecule has 21 heavy (non-hydrogen) atoms. The molecule has 1 aromatic heterocycles. The number of carbonyl (C=O) groups excluding carboxylic acids is 1. The van der Waals surface area contributed by atoms with Gasteiger partial charge in [-0.1, -0.05) is 13.8 Å². The van der Waals surface area contributed by atoms with Gasteiger partial charge in [0, 0.05) is 29.6 Å². The lowest BCUT2D eigenvalue weighted by Gasteiger charge is -2.29. The minimum absolute atomic E-state index is 0.0295. The van der Waals surface area contributed by atoms with Crippen LogP contribution < -0.4 is 4.74 Å². The molecule has 0 unspecified atom stereocenters. The smallest absolute Gasteiger partial charge is 0.165 e. The van der Waals surface area contributed by atoms with Crippen LogP contribution in [0.25, 0.3) is 5.69 Å². The van der Waals surface area contributed by atoms with E-state index in [0.29, 0.717) is 6.42 Å². The first-order valence-corrected chi connectivity index (χ1v) is 7.30. The molecule has 110 valence electrons. The van der Waals surface area contributed by atoms with Crippen molar-refractivity contribution in [1.82, 2.24) is 4.57 Å². The number of fused-ring (bicyclic) bond motifs is 1. The monoisotopic (exact) mass is 283 g/mol. The van der Waals surface area contributed by atoms with Crippen LogP contribution in [-0.4, -0.2) is 17.5 Å². The Morgan fingerprint density at radius 1 is 1.19 bits per heavy atom. The Bertz CT molecular complexity index is 710. The van der Waals surface area contributed by atoms with Crippen molar-refractivity contribution in [2.75, 3.05) is 7.11 Å². The van der Waals surface area contributed by atoms with Gasteiger partial charge in [-0.3, -0.25) is 4.79 Å². The quantitative estimate of drug-likeness (QED) is 0.835. The van der Waals surface area contributed by atoms with Gasteiger partial charge < -0.3 is 9.30 Å². The molecule has 0 atom stereocenters. The third-order valence-electron chi connectivity index (χ3n) is 4.23. The maximum absolute atomic E-state index is 12.3. The maximum Gasteiger partial charge on any atom is 0.165 e. The van der Waals surface area contributed by atoms with Crippen molar-refractivity contribution in [3.05, 3.63) is 47.3 Å². The third-order valence-corrected chi connectivity index (χ3v) is 4.23. The molecule has 0 radical (unpaired) electrons. The average Bonchev–Trinajstić information content (AvgIpc) is 2.81. The van der Waals surface area contributed by atoms with Gasteiger partial charge in [-0.15, -0.1) is 0 Å². The predicted molar refractivity (Wildman–Crippen MR) is 83.5 cm³/mol. The van der Waals surface area contributed by atoms with Gasteiger partial charge in [0.2, 0.25) is 0 Å². The summed E-state index contributed by atoms with van der Waals surface area (Å²) in [5, 5.41) is 0. The van der Waals surface area contributed by atoms with Gasteiger partial charge in [-0.25, -0.2) is 0 Å². The Labute approximate surface area is 125 Å². The molecule has 0 saturated heterocycles. The van der Waals surface area contributed by atoms with Gasteiger partial charge in [0.05, 0.1) is 7.11 Å². The third kappa shape index (κ3) is 2.37. The van der Waals surface area contributed by atoms with E-state index in [4.69, 9.17) is 4.74 Å². The summed E-state index contributed by atoms with van der Waals surface area (Å²) < 4.78 is 7.46. The van der Waals surface area contributed by atoms with Crippen LogP contribution in [-0.2, 0) is 6.42 Å². The molecule has 0 saturated carbocycles. The summed E-state index contributed by atoms with van der Waals surface area (Å²) in [6, 6.07) is 8.07. The van der Waals surface area contributed by atoms with Crippen molar-refractivity contribution in [3.8, 4) is 11.4 Å². The van der Waals surface area contributed by atoms with E-state index in [2.05, 4.69) is 24.5 Å². The molecule has 3 heteroatoms. The van der Waals surface area contributed by atoms with Gasteiger partial charge in [0.25, 0.3) is 0 Å². The van der Waals surface area contributed by atoms with Gasteiger partial charge >= 0.3 is 0 Å². The summed E-state index contributed by atoms with van der Waals surface area (Å²) in [5.74, 6) is 1.14. The van der Waals surface area contributed by atoms with E-state index in [1.165, 1.54) is 0 Å². The Balaban J connectivity index is 2.09. The van der Waals surface area contributed by atoms with Gasteiger partial charge in [-0.2, -0.15) is 0 Å². The Morgan fingerprint density at radius 3 is 2.62 bits per heavy atom. The van der Waals surface area contributed by atoms with Crippen LogP contribution in [0.1, 0.15) is 41.9 Å². The second-order valence-electron chi connectivity index (χ2n) is 6.64. The maximum atomic E-state index is 12.3. The van der Waals surface area contributed by atoms with Crippen LogP contribution in [0.2, 0.25) is 0 Å². The highest BCUT2D eigenvalue weighted by atomic mass is 16.5. The molecule has 1 heterocycles. The lowest BCUT2D eigenvalue weighted by atomic mass is 9.76. The largest absolute Gasteiger partial charge is 0.496 e. The minimum atomic E-state index is 0.0295. The van der Waals surface area contributed by atoms with Gasteiger partial charge in [0.1, 0.15) is 5.75 Å². The molecular formula is C18H21NO2. The highest BCUT2D eigenvalue weighted by molar-refractivity contribution is 5.99. The second kappa shape index (κ2) is 4.76. The molecule has 0 spiro atoms. The lowest BCUT2D eigenvalue weighted by Crippen LogP contribution is -2.27. The predicted octanol–water partition coefficient (Wildman–Crippen LogP) is 3.95. The van der Waals surface area contributed by atoms with Crippen LogP contribution in [0.4, 0.5) is 0 Å². The molecular weight excluding hydrogens is 262 g/mol. The van der Waals surface area contributed by atoms with Crippen molar-refractivity contribution in [2.24, 2.45) is 5.41 Å². The first-order chi connectivity index (χ1) is 9.91. The van der Waals surface area contributed by atoms with Crippen LogP contribution in [0.3, 0.4) is 0 Å². The zero-order chi connectivity index (χ0) is 15.2. The molecule has 1 aliphatic rings. The van der Waals surface area contributed by atoms with E-state index < -0.39 is 0 Å². The van der Waals surface area contributed by atoms with Crippen LogP contribution in [0.5, 0.6) is 5.75 Å². The number of aromatic nitrogens is 1. The molecule has 0 bridgehead atoms. The lowest BCUT2D eigenvalue weighted by molar-refractivity contribution is 0.0911. The highest BCUT2D eigenvalue weighted by Crippen LogP contribution is 2.36. The summed E-state index contributed by atoms with van der Waals surface area (Å²) in [6.45, 7) is 6.35. The van der Waals surface area contributed by atoms with Gasteiger partial charge in [-0.05, 0) is 48.6 Å². The number of carbonyl (C=O) groups is 1. The number of Topliss-reactive ketones (excluding diaryl/α,β-unsaturated/α-hetero) is 1. The molecule has 3 nitrogen and oxygen atoms in total. The minimum Gasteiger partial charge on any atom is -0.496 e. The highest BCUT2D eigenvalue weighted by Gasteiger charge is 2.33. The van der Waals surface area contributed by atoms with E-state index in [0.717, 1.165) is 34.7 Å². The summed E-state index contributed by atoms with van der Waals surface area (Å²) in [5.41, 5.74) is 4.21. The van der Waals surface area contributed by atoms with Crippen molar-refractivity contribution in [2.45, 2.75) is 33.6 Å². The number of rotatable bonds is 2. The number of hydrogen-bond donors (Lipinski definition) is 0. The molecule has 0 aliphatic heterocycles. The topological polar surface area (TPSA) is 31.2 Å². The van der Waals surface area contributed by atoms with E-state index in [9.17, 15) is 4.79 Å². The molecule has 0 amide bonds. The molecule has 0 N–H and O–H groups in total. The Morgan fingerprint density at radius 2 is 1.95 bits per heavy atom. The molecule has 3 rings (SSSR count). The van der Waals surface area contributed by atoms with Crippen LogP contribution >= 0.6 is 0 Å². The van der Waals surface area contributed by atoms with Gasteiger partial charge in [0.15, 0.2) is 5.78 Å². The van der Waals surface area contributed by atoms with Crippen molar-refractivity contribution in [1.29, 1.82) is 0 Å². The second-order valence-corrected chi connectivity index (χ2v) is 6.64. The number of ether oxygens (including phenoxy) is 1. The zero-order valence-corrected chi connectivity index (χ0v) is 13.1. The number of methoxy groups -OCH3 is 1. The first kappa shape index (κ1) is 13.9. The van der Waals surface area contributed by atoms with E-state index in [1.54, 1.807) is 7.11 Å². The van der Waals surface area contributed by atoms with Crippen LogP contribution in [0.15, 0.2) is 30.5 Å². The molecule has 0 fully saturated rings. The Kier molecular flexibility index (Phi) is 3.16. The summed E-state index contributed by atoms with van der Waals surface area (Å²) >= 11 is 0. The molecule has 1 aliphatic carbocycles. The zero-order valence-electron chi connectivity index (χ0n) is 13.1. The summed E-state index contributed by atoms with van der Waals surface area (Å²) in [6.07, 6.45) is 3.56. The number of aryl methyl sites for hydroxylation is 1. The fourth-order valence-corrected chi connectivity index (χ4v) is 3.20. The fraction of sp³-hybridized carbons (Fsp3) is 0.389. The Hall–Kier alpha value is -2.03. The number of ketones is 1. The van der Waals surface area contributed by atoms with E-state index in [-0.39, 0.29) is 11.2 Å². The number of nitrogens with zero attached hydrogens (tertiary/aromatic N) is 1.